The van der Waals surface area contributed by atoms with Crippen molar-refractivity contribution < 1.29 is 4.79 Å². The zero-order chi connectivity index (χ0) is 12.1. The summed E-state index contributed by atoms with van der Waals surface area (Å²) >= 11 is 0. The van der Waals surface area contributed by atoms with Gasteiger partial charge in [-0.15, -0.1) is 0 Å². The molecular weight excluding hydrogens is 198 g/mol. The van der Waals surface area contributed by atoms with Gasteiger partial charge >= 0.3 is 0 Å². The number of amides is 1. The van der Waals surface area contributed by atoms with Crippen molar-refractivity contribution in [3.05, 3.63) is 34.9 Å². The Morgan fingerprint density at radius 1 is 1.25 bits per heavy atom. The number of hydrogen-bond donors (Lipinski definition) is 1. The van der Waals surface area contributed by atoms with E-state index in [4.69, 9.17) is 5.73 Å². The highest BCUT2D eigenvalue weighted by Gasteiger charge is 2.15. The Morgan fingerprint density at radius 2 is 1.88 bits per heavy atom. The zero-order valence-corrected chi connectivity index (χ0v) is 10.4. The first-order chi connectivity index (χ1) is 7.65. The van der Waals surface area contributed by atoms with E-state index in [1.54, 1.807) is 0 Å². The molecule has 0 aliphatic carbocycles. The van der Waals surface area contributed by atoms with Crippen LogP contribution in [0, 0.1) is 0 Å². The average Bonchev–Trinajstić information content (AvgIpc) is 2.30. The summed E-state index contributed by atoms with van der Waals surface area (Å²) in [5.74, 6) is 0.221. The van der Waals surface area contributed by atoms with Gasteiger partial charge in [-0.3, -0.25) is 4.79 Å². The first kappa shape index (κ1) is 12.8. The Labute approximate surface area is 97.9 Å². The molecule has 1 rings (SSSR count). The molecule has 1 amide bonds. The maximum atomic E-state index is 11.4. The predicted octanol–water partition coefficient (Wildman–Crippen LogP) is 3.25. The molecule has 0 fully saturated rings. The van der Waals surface area contributed by atoms with E-state index in [-0.39, 0.29) is 5.91 Å². The number of primary amides is 1. The van der Waals surface area contributed by atoms with Crippen molar-refractivity contribution in [3.8, 4) is 0 Å². The van der Waals surface area contributed by atoms with Crippen LogP contribution in [0.2, 0.25) is 0 Å². The van der Waals surface area contributed by atoms with Crippen LogP contribution in [0.5, 0.6) is 0 Å². The van der Waals surface area contributed by atoms with Crippen LogP contribution >= 0.6 is 0 Å². The molecule has 0 bridgehead atoms. The lowest BCUT2D eigenvalue weighted by atomic mass is 9.86. The number of hydrogen-bond acceptors (Lipinski definition) is 1. The van der Waals surface area contributed by atoms with Crippen molar-refractivity contribution >= 4 is 5.91 Å². The van der Waals surface area contributed by atoms with Gasteiger partial charge in [-0.05, 0) is 42.4 Å². The smallest absolute Gasteiger partial charge is 0.248 e. The van der Waals surface area contributed by atoms with Crippen LogP contribution in [0.3, 0.4) is 0 Å². The molecule has 0 saturated heterocycles. The Kier molecular flexibility index (Phi) is 4.53. The van der Waals surface area contributed by atoms with Gasteiger partial charge in [0.25, 0.3) is 0 Å². The van der Waals surface area contributed by atoms with E-state index in [2.05, 4.69) is 26.8 Å². The van der Waals surface area contributed by atoms with Crippen molar-refractivity contribution in [2.45, 2.75) is 46.0 Å². The fraction of sp³-hybridized carbons (Fsp3) is 0.500. The minimum atomic E-state index is -0.315. The summed E-state index contributed by atoms with van der Waals surface area (Å²) in [5.41, 5.74) is 8.51. The largest absolute Gasteiger partial charge is 0.366 e. The van der Waals surface area contributed by atoms with Crippen LogP contribution in [0.15, 0.2) is 18.2 Å². The topological polar surface area (TPSA) is 43.1 Å². The lowest BCUT2D eigenvalue weighted by molar-refractivity contribution is 0.0999. The predicted molar refractivity (Wildman–Crippen MR) is 67.7 cm³/mol. The number of carbonyl (C=O) groups is 1. The molecule has 2 heteroatoms. The monoisotopic (exact) mass is 219 g/mol. The molecule has 2 N–H and O–H groups in total. The molecule has 2 nitrogen and oxygen atoms in total. The SMILES string of the molecule is CCc1c(C(N)=O)cccc1C(CC)CC. The number of nitrogens with two attached hydrogens (primary N) is 1. The fourth-order valence-corrected chi connectivity index (χ4v) is 2.34. The van der Waals surface area contributed by atoms with Gasteiger partial charge in [0.15, 0.2) is 0 Å². The Morgan fingerprint density at radius 3 is 2.31 bits per heavy atom. The first-order valence-corrected chi connectivity index (χ1v) is 6.07. The molecule has 1 aromatic carbocycles. The Balaban J connectivity index is 3.28. The minimum absolute atomic E-state index is 0.315. The van der Waals surface area contributed by atoms with Crippen LogP contribution < -0.4 is 5.73 Å². The molecule has 0 heterocycles. The maximum Gasteiger partial charge on any atom is 0.248 e. The molecule has 0 unspecified atom stereocenters. The summed E-state index contributed by atoms with van der Waals surface area (Å²) in [6, 6.07) is 5.89. The second kappa shape index (κ2) is 5.69. The Hall–Kier alpha value is -1.31. The van der Waals surface area contributed by atoms with Crippen molar-refractivity contribution in [2.75, 3.05) is 0 Å². The van der Waals surface area contributed by atoms with E-state index >= 15 is 0 Å². The summed E-state index contributed by atoms with van der Waals surface area (Å²) in [5, 5.41) is 0. The molecule has 1 aromatic rings. The van der Waals surface area contributed by atoms with Crippen molar-refractivity contribution in [2.24, 2.45) is 5.73 Å². The van der Waals surface area contributed by atoms with Crippen molar-refractivity contribution in [1.29, 1.82) is 0 Å². The van der Waals surface area contributed by atoms with Gasteiger partial charge in [0.1, 0.15) is 0 Å². The molecule has 0 spiro atoms. The van der Waals surface area contributed by atoms with Crippen LogP contribution in [-0.2, 0) is 6.42 Å². The van der Waals surface area contributed by atoms with Gasteiger partial charge in [0.2, 0.25) is 5.91 Å². The van der Waals surface area contributed by atoms with Gasteiger partial charge < -0.3 is 5.73 Å². The normalized spacial score (nSPS) is 10.8. The standard InChI is InChI=1S/C14H21NO/c1-4-10(5-2)12-8-7-9-13(14(15)16)11(12)6-3/h7-10H,4-6H2,1-3H3,(H2,15,16). The molecule has 0 radical (unpaired) electrons. The number of carbonyl (C=O) groups excluding carboxylic acids is 1. The second-order valence-corrected chi connectivity index (χ2v) is 4.10. The molecular formula is C14H21NO. The maximum absolute atomic E-state index is 11.4. The summed E-state index contributed by atoms with van der Waals surface area (Å²) in [6.07, 6.45) is 3.07. The van der Waals surface area contributed by atoms with Gasteiger partial charge in [-0.1, -0.05) is 32.9 Å². The van der Waals surface area contributed by atoms with Gasteiger partial charge in [0, 0.05) is 5.56 Å². The molecule has 16 heavy (non-hydrogen) atoms. The molecule has 0 aromatic heterocycles. The molecule has 0 atom stereocenters. The molecule has 0 aliphatic heterocycles. The molecule has 0 saturated carbocycles. The highest BCUT2D eigenvalue weighted by atomic mass is 16.1. The van der Waals surface area contributed by atoms with Crippen LogP contribution in [0.4, 0.5) is 0 Å². The lowest BCUT2D eigenvalue weighted by Crippen LogP contribution is -2.15. The highest BCUT2D eigenvalue weighted by Crippen LogP contribution is 2.28. The first-order valence-electron chi connectivity index (χ1n) is 6.07. The quantitative estimate of drug-likeness (QED) is 0.811. The summed E-state index contributed by atoms with van der Waals surface area (Å²) < 4.78 is 0. The van der Waals surface area contributed by atoms with E-state index in [0.717, 1.165) is 24.8 Å². The van der Waals surface area contributed by atoms with Gasteiger partial charge in [0.05, 0.1) is 0 Å². The van der Waals surface area contributed by atoms with Gasteiger partial charge in [-0.2, -0.15) is 0 Å². The third-order valence-electron chi connectivity index (χ3n) is 3.26. The zero-order valence-electron chi connectivity index (χ0n) is 10.4. The van der Waals surface area contributed by atoms with E-state index in [9.17, 15) is 4.79 Å². The third-order valence-corrected chi connectivity index (χ3v) is 3.26. The van der Waals surface area contributed by atoms with Crippen molar-refractivity contribution in [3.63, 3.8) is 0 Å². The number of rotatable bonds is 5. The van der Waals surface area contributed by atoms with E-state index in [1.807, 2.05) is 12.1 Å². The van der Waals surface area contributed by atoms with E-state index in [0.29, 0.717) is 11.5 Å². The summed E-state index contributed by atoms with van der Waals surface area (Å²) in [4.78, 5) is 11.4. The van der Waals surface area contributed by atoms with E-state index in [1.165, 1.54) is 5.56 Å². The minimum Gasteiger partial charge on any atom is -0.366 e. The number of benzene rings is 1. The summed E-state index contributed by atoms with van der Waals surface area (Å²) in [6.45, 7) is 6.45. The van der Waals surface area contributed by atoms with Crippen LogP contribution in [0.25, 0.3) is 0 Å². The van der Waals surface area contributed by atoms with Crippen LogP contribution in [-0.4, -0.2) is 5.91 Å². The molecule has 0 aliphatic rings. The highest BCUT2D eigenvalue weighted by molar-refractivity contribution is 5.94. The average molecular weight is 219 g/mol. The molecule has 88 valence electrons. The van der Waals surface area contributed by atoms with Crippen molar-refractivity contribution in [1.82, 2.24) is 0 Å². The Bertz CT molecular complexity index is 367. The summed E-state index contributed by atoms with van der Waals surface area (Å²) in [7, 11) is 0. The van der Waals surface area contributed by atoms with E-state index < -0.39 is 0 Å². The third kappa shape index (κ3) is 2.43. The lowest BCUT2D eigenvalue weighted by Gasteiger charge is -2.18. The fourth-order valence-electron chi connectivity index (χ4n) is 2.34. The van der Waals surface area contributed by atoms with Gasteiger partial charge in [-0.25, -0.2) is 0 Å². The van der Waals surface area contributed by atoms with Crippen LogP contribution in [0.1, 0.15) is 61.0 Å². The second-order valence-electron chi connectivity index (χ2n) is 4.10.